The molecule has 0 aromatic carbocycles. The molecule has 1 aliphatic heterocycles. The van der Waals surface area contributed by atoms with Gasteiger partial charge < -0.3 is 14.8 Å². The van der Waals surface area contributed by atoms with E-state index in [1.54, 1.807) is 0 Å². The zero-order valence-corrected chi connectivity index (χ0v) is 9.83. The van der Waals surface area contributed by atoms with Gasteiger partial charge in [-0.15, -0.1) is 11.8 Å². The van der Waals surface area contributed by atoms with Crippen molar-refractivity contribution < 1.29 is 23.9 Å². The standard InChI is InChI=1S/C9H13NO5S/c1-14-7(11)3-6-8(12)10-5(4-16-6)9(13)15-2/h5-6H,3-4H2,1-2H3,(H,10,12)/t5-,6+/m0/s1. The maximum absolute atomic E-state index is 11.5. The van der Waals surface area contributed by atoms with Gasteiger partial charge in [-0.25, -0.2) is 4.79 Å². The van der Waals surface area contributed by atoms with Crippen LogP contribution in [0.2, 0.25) is 0 Å². The Balaban J connectivity index is 2.49. The van der Waals surface area contributed by atoms with Crippen molar-refractivity contribution in [2.75, 3.05) is 20.0 Å². The number of carbonyl (C=O) groups excluding carboxylic acids is 3. The Hall–Kier alpha value is -1.24. The molecule has 90 valence electrons. The van der Waals surface area contributed by atoms with Crippen LogP contribution in [-0.2, 0) is 23.9 Å². The van der Waals surface area contributed by atoms with Gasteiger partial charge in [-0.3, -0.25) is 9.59 Å². The molecule has 0 aromatic heterocycles. The third kappa shape index (κ3) is 3.13. The van der Waals surface area contributed by atoms with E-state index >= 15 is 0 Å². The molecular weight excluding hydrogens is 234 g/mol. The van der Waals surface area contributed by atoms with Gasteiger partial charge in [0.1, 0.15) is 6.04 Å². The highest BCUT2D eigenvalue weighted by Gasteiger charge is 2.34. The lowest BCUT2D eigenvalue weighted by atomic mass is 10.2. The molecule has 0 spiro atoms. The topological polar surface area (TPSA) is 81.7 Å². The van der Waals surface area contributed by atoms with Gasteiger partial charge in [0.25, 0.3) is 0 Å². The lowest BCUT2D eigenvalue weighted by molar-refractivity contribution is -0.145. The van der Waals surface area contributed by atoms with E-state index in [0.717, 1.165) is 0 Å². The molecule has 1 saturated heterocycles. The van der Waals surface area contributed by atoms with E-state index in [9.17, 15) is 14.4 Å². The number of esters is 2. The van der Waals surface area contributed by atoms with Crippen molar-refractivity contribution in [2.45, 2.75) is 17.7 Å². The zero-order chi connectivity index (χ0) is 12.1. The van der Waals surface area contributed by atoms with Gasteiger partial charge in [-0.2, -0.15) is 0 Å². The minimum absolute atomic E-state index is 0.0148. The second-order valence-corrected chi connectivity index (χ2v) is 4.42. The number of amides is 1. The third-order valence-electron chi connectivity index (χ3n) is 2.14. The van der Waals surface area contributed by atoms with Crippen LogP contribution in [0.3, 0.4) is 0 Å². The first-order chi connectivity index (χ1) is 7.58. The van der Waals surface area contributed by atoms with E-state index in [1.165, 1.54) is 26.0 Å². The van der Waals surface area contributed by atoms with E-state index in [0.29, 0.717) is 5.75 Å². The quantitative estimate of drug-likeness (QED) is 0.666. The van der Waals surface area contributed by atoms with Crippen LogP contribution in [0.5, 0.6) is 0 Å². The molecule has 1 N–H and O–H groups in total. The summed E-state index contributed by atoms with van der Waals surface area (Å²) in [5.74, 6) is -0.848. The summed E-state index contributed by atoms with van der Waals surface area (Å²) >= 11 is 1.25. The molecule has 0 aromatic rings. The Morgan fingerprint density at radius 3 is 2.62 bits per heavy atom. The van der Waals surface area contributed by atoms with E-state index < -0.39 is 23.2 Å². The lowest BCUT2D eigenvalue weighted by Crippen LogP contribution is -2.51. The van der Waals surface area contributed by atoms with Crippen LogP contribution in [0.25, 0.3) is 0 Å². The predicted molar refractivity (Wildman–Crippen MR) is 56.8 cm³/mol. The molecule has 0 radical (unpaired) electrons. The highest BCUT2D eigenvalue weighted by molar-refractivity contribution is 8.00. The maximum atomic E-state index is 11.5. The van der Waals surface area contributed by atoms with Gasteiger partial charge in [0.2, 0.25) is 5.91 Å². The van der Waals surface area contributed by atoms with Crippen LogP contribution in [0.1, 0.15) is 6.42 Å². The van der Waals surface area contributed by atoms with Crippen LogP contribution < -0.4 is 5.32 Å². The summed E-state index contributed by atoms with van der Waals surface area (Å²) in [6.45, 7) is 0. The van der Waals surface area contributed by atoms with Gasteiger partial charge in [0.15, 0.2) is 0 Å². The molecule has 6 nitrogen and oxygen atoms in total. The fraction of sp³-hybridized carbons (Fsp3) is 0.667. The highest BCUT2D eigenvalue weighted by Crippen LogP contribution is 2.21. The Morgan fingerprint density at radius 2 is 2.12 bits per heavy atom. The second kappa shape index (κ2) is 5.74. The molecule has 0 bridgehead atoms. The smallest absolute Gasteiger partial charge is 0.329 e. The zero-order valence-electron chi connectivity index (χ0n) is 9.02. The minimum Gasteiger partial charge on any atom is -0.469 e. The monoisotopic (exact) mass is 247 g/mol. The van der Waals surface area contributed by atoms with Crippen molar-refractivity contribution in [3.05, 3.63) is 0 Å². The third-order valence-corrected chi connectivity index (χ3v) is 3.45. The summed E-state index contributed by atoms with van der Waals surface area (Å²) in [6, 6.07) is -0.628. The molecule has 7 heteroatoms. The van der Waals surface area contributed by atoms with Gasteiger partial charge in [0, 0.05) is 5.75 Å². The average Bonchev–Trinajstić information content (AvgIpc) is 2.30. The first-order valence-electron chi connectivity index (χ1n) is 4.65. The van der Waals surface area contributed by atoms with Crippen LogP contribution >= 0.6 is 11.8 Å². The van der Waals surface area contributed by atoms with Crippen molar-refractivity contribution >= 4 is 29.6 Å². The SMILES string of the molecule is COC(=O)C[C@H]1SC[C@@H](C(=O)OC)NC1=O. The Labute approximate surface area is 97.0 Å². The van der Waals surface area contributed by atoms with Crippen LogP contribution in [0.15, 0.2) is 0 Å². The number of hydrogen-bond acceptors (Lipinski definition) is 6. The molecule has 1 heterocycles. The summed E-state index contributed by atoms with van der Waals surface area (Å²) in [6.07, 6.45) is 0.0148. The van der Waals surface area contributed by atoms with Gasteiger partial charge in [0.05, 0.1) is 25.9 Å². The molecule has 1 aliphatic rings. The number of carbonyl (C=O) groups is 3. The Morgan fingerprint density at radius 1 is 1.44 bits per heavy atom. The molecule has 0 unspecified atom stereocenters. The molecule has 1 amide bonds. The fourth-order valence-corrected chi connectivity index (χ4v) is 2.37. The summed E-state index contributed by atoms with van der Waals surface area (Å²) in [5, 5.41) is 2.01. The average molecular weight is 247 g/mol. The summed E-state index contributed by atoms with van der Waals surface area (Å²) < 4.78 is 8.99. The van der Waals surface area contributed by atoms with Gasteiger partial charge in [-0.1, -0.05) is 0 Å². The fourth-order valence-electron chi connectivity index (χ4n) is 1.25. The summed E-state index contributed by atoms with van der Waals surface area (Å²) in [7, 11) is 2.53. The van der Waals surface area contributed by atoms with Crippen molar-refractivity contribution in [2.24, 2.45) is 0 Å². The Kier molecular flexibility index (Phi) is 4.60. The van der Waals surface area contributed by atoms with Crippen molar-refractivity contribution in [3.8, 4) is 0 Å². The minimum atomic E-state index is -0.628. The number of ether oxygens (including phenoxy) is 2. The van der Waals surface area contributed by atoms with E-state index in [4.69, 9.17) is 0 Å². The molecule has 2 atom stereocenters. The predicted octanol–water partition coefficient (Wildman–Crippen LogP) is -0.677. The maximum Gasteiger partial charge on any atom is 0.329 e. The van der Waals surface area contributed by atoms with E-state index in [1.807, 2.05) is 0 Å². The summed E-state index contributed by atoms with van der Waals surface area (Å²) in [4.78, 5) is 33.7. The first kappa shape index (κ1) is 12.8. The highest BCUT2D eigenvalue weighted by atomic mass is 32.2. The molecular formula is C9H13NO5S. The molecule has 0 saturated carbocycles. The number of nitrogens with one attached hydrogen (secondary N) is 1. The van der Waals surface area contributed by atoms with E-state index in [-0.39, 0.29) is 12.3 Å². The van der Waals surface area contributed by atoms with Crippen molar-refractivity contribution in [1.29, 1.82) is 0 Å². The van der Waals surface area contributed by atoms with Crippen molar-refractivity contribution in [3.63, 3.8) is 0 Å². The van der Waals surface area contributed by atoms with Gasteiger partial charge >= 0.3 is 11.9 Å². The van der Waals surface area contributed by atoms with Crippen LogP contribution in [0, 0.1) is 0 Å². The largest absolute Gasteiger partial charge is 0.469 e. The van der Waals surface area contributed by atoms with E-state index in [2.05, 4.69) is 14.8 Å². The number of thioether (sulfide) groups is 1. The number of rotatable bonds is 3. The Bertz CT molecular complexity index is 306. The number of hydrogen-bond donors (Lipinski definition) is 1. The van der Waals surface area contributed by atoms with Crippen LogP contribution in [-0.4, -0.2) is 49.1 Å². The first-order valence-corrected chi connectivity index (χ1v) is 5.70. The van der Waals surface area contributed by atoms with Gasteiger partial charge in [-0.05, 0) is 0 Å². The van der Waals surface area contributed by atoms with Crippen LogP contribution in [0.4, 0.5) is 0 Å². The molecule has 1 fully saturated rings. The normalized spacial score (nSPS) is 24.5. The lowest BCUT2D eigenvalue weighted by Gasteiger charge is -2.26. The summed E-state index contributed by atoms with van der Waals surface area (Å²) in [5.41, 5.74) is 0. The van der Waals surface area contributed by atoms with Crippen molar-refractivity contribution in [1.82, 2.24) is 5.32 Å². The molecule has 0 aliphatic carbocycles. The number of methoxy groups -OCH3 is 2. The molecule has 1 rings (SSSR count). The second-order valence-electron chi connectivity index (χ2n) is 3.19. The molecule has 16 heavy (non-hydrogen) atoms.